The molecule has 2 aliphatic rings. The predicted octanol–water partition coefficient (Wildman–Crippen LogP) is 4.66. The normalized spacial score (nSPS) is 17.1. The van der Waals surface area contributed by atoms with Crippen LogP contribution in [0.2, 0.25) is 0 Å². The van der Waals surface area contributed by atoms with Crippen LogP contribution in [0.1, 0.15) is 69.9 Å². The molecule has 37 heavy (non-hydrogen) atoms. The van der Waals surface area contributed by atoms with Crippen LogP contribution in [-0.4, -0.2) is 60.2 Å². The van der Waals surface area contributed by atoms with Crippen molar-refractivity contribution in [1.29, 1.82) is 5.26 Å². The number of rotatable bonds is 10. The smallest absolute Gasteiger partial charge is 0.340 e. The highest BCUT2D eigenvalue weighted by molar-refractivity contribution is 6.32. The van der Waals surface area contributed by atoms with Gasteiger partial charge in [0.05, 0.1) is 22.9 Å². The monoisotopic (exact) mass is 518 g/mol. The predicted molar refractivity (Wildman–Crippen MR) is 132 cm³/mol. The molecular weight excluding hydrogens is 485 g/mol. The number of anilines is 1. The fourth-order valence-corrected chi connectivity index (χ4v) is 4.83. The van der Waals surface area contributed by atoms with Gasteiger partial charge < -0.3 is 4.90 Å². The van der Waals surface area contributed by atoms with Crippen molar-refractivity contribution < 1.29 is 27.6 Å². The number of hydrogen-bond acceptors (Lipinski definition) is 5. The van der Waals surface area contributed by atoms with Crippen molar-refractivity contribution in [2.24, 2.45) is 0 Å². The molecule has 1 saturated heterocycles. The van der Waals surface area contributed by atoms with Gasteiger partial charge in [-0.15, -0.1) is 0 Å². The number of piperazine rings is 1. The summed E-state index contributed by atoms with van der Waals surface area (Å²) in [5.74, 6) is -1.02. The zero-order valence-corrected chi connectivity index (χ0v) is 21.4. The standard InChI is InChI=1S/C27H33F3N4O3/c1-3-24(35)33-15-13-32(14-16-33)12-8-6-4-5-7-9-22-19(2)25(36)34(26(22)37)21-11-10-20(18-31)23(17-21)27(28,29)30/h10-11,17H,3-9,12-16H2,1-2H3. The molecule has 10 heteroatoms. The van der Waals surface area contributed by atoms with Gasteiger partial charge >= 0.3 is 6.18 Å². The summed E-state index contributed by atoms with van der Waals surface area (Å²) in [6.07, 6.45) is 0.819. The molecule has 0 N–H and O–H groups in total. The summed E-state index contributed by atoms with van der Waals surface area (Å²) in [6.45, 7) is 7.76. The number of benzene rings is 1. The molecule has 0 unspecified atom stereocenters. The zero-order chi connectivity index (χ0) is 27.2. The summed E-state index contributed by atoms with van der Waals surface area (Å²) in [7, 11) is 0. The van der Waals surface area contributed by atoms with Crippen molar-refractivity contribution in [2.45, 2.75) is 65.0 Å². The average Bonchev–Trinajstić information content (AvgIpc) is 3.09. The van der Waals surface area contributed by atoms with Gasteiger partial charge in [0, 0.05) is 43.7 Å². The first-order valence-electron chi connectivity index (χ1n) is 12.8. The lowest BCUT2D eigenvalue weighted by molar-refractivity contribution is -0.138. The van der Waals surface area contributed by atoms with Crippen molar-refractivity contribution in [3.05, 3.63) is 40.5 Å². The Morgan fingerprint density at radius 3 is 2.27 bits per heavy atom. The van der Waals surface area contributed by atoms with Gasteiger partial charge in [-0.2, -0.15) is 18.4 Å². The molecule has 2 aliphatic heterocycles. The number of alkyl halides is 3. The maximum Gasteiger partial charge on any atom is 0.417 e. The Hall–Kier alpha value is -3.19. The minimum absolute atomic E-state index is 0.185. The lowest BCUT2D eigenvalue weighted by Crippen LogP contribution is -2.48. The van der Waals surface area contributed by atoms with E-state index in [2.05, 4.69) is 4.90 Å². The molecule has 0 spiro atoms. The van der Waals surface area contributed by atoms with Crippen molar-refractivity contribution in [1.82, 2.24) is 9.80 Å². The SMILES string of the molecule is CCC(=O)N1CCN(CCCCCCCC2=C(C)C(=O)N(c3ccc(C#N)c(C(F)(F)F)c3)C2=O)CC1. The molecule has 1 fully saturated rings. The number of amides is 3. The minimum Gasteiger partial charge on any atom is -0.340 e. The molecule has 0 aromatic heterocycles. The van der Waals surface area contributed by atoms with E-state index in [-0.39, 0.29) is 17.2 Å². The Kier molecular flexibility index (Phi) is 9.49. The second-order valence-corrected chi connectivity index (χ2v) is 9.48. The summed E-state index contributed by atoms with van der Waals surface area (Å²) >= 11 is 0. The fourth-order valence-electron chi connectivity index (χ4n) is 4.83. The number of hydrogen-bond donors (Lipinski definition) is 0. The highest BCUT2D eigenvalue weighted by atomic mass is 19.4. The number of nitrogens with zero attached hydrogens (tertiary/aromatic N) is 4. The van der Waals surface area contributed by atoms with Crippen molar-refractivity contribution in [3.8, 4) is 6.07 Å². The molecule has 1 aromatic rings. The Morgan fingerprint density at radius 2 is 1.65 bits per heavy atom. The zero-order valence-electron chi connectivity index (χ0n) is 21.4. The summed E-state index contributed by atoms with van der Waals surface area (Å²) in [5.41, 5.74) is -1.33. The second kappa shape index (κ2) is 12.4. The first-order valence-corrected chi connectivity index (χ1v) is 12.8. The summed E-state index contributed by atoms with van der Waals surface area (Å²) in [5, 5.41) is 8.98. The fraction of sp³-hybridized carbons (Fsp3) is 0.556. The third kappa shape index (κ3) is 6.77. The van der Waals surface area contributed by atoms with Gasteiger partial charge in [-0.3, -0.25) is 19.3 Å². The molecule has 3 rings (SSSR count). The number of carbonyl (C=O) groups is 3. The lowest BCUT2D eigenvalue weighted by Gasteiger charge is -2.34. The minimum atomic E-state index is -4.78. The Bertz CT molecular complexity index is 1100. The quantitative estimate of drug-likeness (QED) is 0.332. The van der Waals surface area contributed by atoms with Crippen molar-refractivity contribution in [2.75, 3.05) is 37.6 Å². The van der Waals surface area contributed by atoms with Crippen LogP contribution >= 0.6 is 0 Å². The number of carbonyl (C=O) groups excluding carboxylic acids is 3. The van der Waals surface area contributed by atoms with Crippen LogP contribution in [0.25, 0.3) is 0 Å². The molecule has 200 valence electrons. The van der Waals surface area contributed by atoms with E-state index in [9.17, 15) is 27.6 Å². The van der Waals surface area contributed by atoms with E-state index in [0.717, 1.165) is 69.4 Å². The molecule has 7 nitrogen and oxygen atoms in total. The second-order valence-electron chi connectivity index (χ2n) is 9.48. The van der Waals surface area contributed by atoms with Gasteiger partial charge in [-0.25, -0.2) is 4.90 Å². The van der Waals surface area contributed by atoms with E-state index in [4.69, 9.17) is 5.26 Å². The van der Waals surface area contributed by atoms with E-state index in [1.54, 1.807) is 0 Å². The lowest BCUT2D eigenvalue weighted by atomic mass is 10.0. The maximum atomic E-state index is 13.3. The van der Waals surface area contributed by atoms with Gasteiger partial charge in [0.2, 0.25) is 5.91 Å². The van der Waals surface area contributed by atoms with E-state index in [1.807, 2.05) is 11.8 Å². The first-order chi connectivity index (χ1) is 17.6. The van der Waals surface area contributed by atoms with Crippen LogP contribution in [-0.2, 0) is 20.6 Å². The summed E-state index contributed by atoms with van der Waals surface area (Å²) < 4.78 is 40.0. The number of unbranched alkanes of at least 4 members (excludes halogenated alkanes) is 4. The average molecular weight is 519 g/mol. The Balaban J connectivity index is 1.44. The first kappa shape index (κ1) is 28.4. The molecular formula is C27H33F3N4O3. The van der Waals surface area contributed by atoms with Crippen LogP contribution in [0.15, 0.2) is 29.3 Å². The van der Waals surface area contributed by atoms with Crippen LogP contribution in [0.5, 0.6) is 0 Å². The molecule has 0 aliphatic carbocycles. The third-order valence-corrected chi connectivity index (χ3v) is 7.05. The van der Waals surface area contributed by atoms with Crippen LogP contribution in [0, 0.1) is 11.3 Å². The van der Waals surface area contributed by atoms with Gasteiger partial charge in [0.25, 0.3) is 11.8 Å². The van der Waals surface area contributed by atoms with E-state index < -0.39 is 29.1 Å². The van der Waals surface area contributed by atoms with Gasteiger partial charge in [0.15, 0.2) is 0 Å². The Morgan fingerprint density at radius 1 is 1.00 bits per heavy atom. The highest BCUT2D eigenvalue weighted by Crippen LogP contribution is 2.37. The van der Waals surface area contributed by atoms with Crippen LogP contribution in [0.4, 0.5) is 18.9 Å². The van der Waals surface area contributed by atoms with E-state index in [0.29, 0.717) is 30.9 Å². The molecule has 2 heterocycles. The van der Waals surface area contributed by atoms with Gasteiger partial charge in [-0.1, -0.05) is 26.2 Å². The number of imide groups is 1. The van der Waals surface area contributed by atoms with E-state index in [1.165, 1.54) is 19.1 Å². The number of halogens is 3. The van der Waals surface area contributed by atoms with Gasteiger partial charge in [0.1, 0.15) is 0 Å². The summed E-state index contributed by atoms with van der Waals surface area (Å²) in [4.78, 5) is 42.5. The van der Waals surface area contributed by atoms with Crippen molar-refractivity contribution >= 4 is 23.4 Å². The van der Waals surface area contributed by atoms with Crippen LogP contribution in [0.3, 0.4) is 0 Å². The molecule has 0 atom stereocenters. The van der Waals surface area contributed by atoms with Gasteiger partial charge in [-0.05, 0) is 50.9 Å². The molecule has 0 saturated carbocycles. The van der Waals surface area contributed by atoms with Crippen molar-refractivity contribution in [3.63, 3.8) is 0 Å². The number of nitriles is 1. The highest BCUT2D eigenvalue weighted by Gasteiger charge is 2.39. The van der Waals surface area contributed by atoms with E-state index >= 15 is 0 Å². The summed E-state index contributed by atoms with van der Waals surface area (Å²) in [6, 6.07) is 4.36. The topological polar surface area (TPSA) is 84.7 Å². The molecule has 3 amide bonds. The van der Waals surface area contributed by atoms with Crippen LogP contribution < -0.4 is 4.90 Å². The maximum absolute atomic E-state index is 13.3. The molecule has 1 aromatic carbocycles. The molecule has 0 radical (unpaired) electrons. The molecule has 0 bridgehead atoms. The largest absolute Gasteiger partial charge is 0.417 e. The third-order valence-electron chi connectivity index (χ3n) is 7.05. The Labute approximate surface area is 215 Å².